The lowest BCUT2D eigenvalue weighted by molar-refractivity contribution is 0.256. The third-order valence-electron chi connectivity index (χ3n) is 4.25. The zero-order chi connectivity index (χ0) is 13.7. The molecule has 0 aliphatic heterocycles. The Bertz CT molecular complexity index is 376. The van der Waals surface area contributed by atoms with Crippen molar-refractivity contribution in [1.29, 1.82) is 0 Å². The summed E-state index contributed by atoms with van der Waals surface area (Å²) in [7, 11) is 0. The van der Waals surface area contributed by atoms with Gasteiger partial charge in [-0.2, -0.15) is 0 Å². The van der Waals surface area contributed by atoms with E-state index in [-0.39, 0.29) is 6.04 Å². The number of hydrogen-bond donors (Lipinski definition) is 1. The van der Waals surface area contributed by atoms with Crippen LogP contribution in [0.2, 0.25) is 0 Å². The highest BCUT2D eigenvalue weighted by Gasteiger charge is 2.20. The highest BCUT2D eigenvalue weighted by atomic mass is 15.5. The number of nitrogens with zero attached hydrogens (tertiary/aromatic N) is 4. The molecule has 1 N–H and O–H groups in total. The molecular formula is C14H27N5. The van der Waals surface area contributed by atoms with Gasteiger partial charge in [0.25, 0.3) is 0 Å². The Hall–Kier alpha value is -0.970. The molecule has 0 bridgehead atoms. The summed E-state index contributed by atoms with van der Waals surface area (Å²) in [5.41, 5.74) is 0. The van der Waals surface area contributed by atoms with Crippen LogP contribution in [0.1, 0.15) is 64.7 Å². The maximum absolute atomic E-state index is 4.15. The minimum Gasteiger partial charge on any atom is -0.308 e. The number of aryl methyl sites for hydroxylation is 1. The molecule has 0 radical (unpaired) electrons. The average Bonchev–Trinajstić information content (AvgIpc) is 2.85. The first-order valence-electron chi connectivity index (χ1n) is 7.70. The quantitative estimate of drug-likeness (QED) is 0.859. The van der Waals surface area contributed by atoms with Crippen molar-refractivity contribution >= 4 is 0 Å². The van der Waals surface area contributed by atoms with Crippen molar-refractivity contribution in [2.45, 2.75) is 65.5 Å². The number of tetrazole rings is 1. The largest absolute Gasteiger partial charge is 0.308 e. The Morgan fingerprint density at radius 2 is 2.26 bits per heavy atom. The van der Waals surface area contributed by atoms with Crippen LogP contribution in [0.5, 0.6) is 0 Å². The molecular weight excluding hydrogens is 238 g/mol. The van der Waals surface area contributed by atoms with Crippen molar-refractivity contribution in [2.24, 2.45) is 11.8 Å². The first-order chi connectivity index (χ1) is 9.20. The van der Waals surface area contributed by atoms with Crippen LogP contribution < -0.4 is 5.32 Å². The van der Waals surface area contributed by atoms with E-state index in [0.29, 0.717) is 0 Å². The molecule has 3 unspecified atom stereocenters. The van der Waals surface area contributed by atoms with Gasteiger partial charge in [0, 0.05) is 6.54 Å². The Morgan fingerprint density at radius 3 is 3.00 bits per heavy atom. The van der Waals surface area contributed by atoms with Gasteiger partial charge in [-0.3, -0.25) is 0 Å². The fraction of sp³-hybridized carbons (Fsp3) is 0.929. The molecule has 19 heavy (non-hydrogen) atoms. The number of hydrogen-bond acceptors (Lipinski definition) is 4. The second kappa shape index (κ2) is 6.98. The van der Waals surface area contributed by atoms with Crippen molar-refractivity contribution in [3.05, 3.63) is 5.82 Å². The van der Waals surface area contributed by atoms with E-state index in [1.165, 1.54) is 32.1 Å². The zero-order valence-corrected chi connectivity index (χ0v) is 12.5. The van der Waals surface area contributed by atoms with Gasteiger partial charge in [0.05, 0.1) is 6.04 Å². The lowest BCUT2D eigenvalue weighted by Crippen LogP contribution is -2.23. The summed E-state index contributed by atoms with van der Waals surface area (Å²) >= 11 is 0. The summed E-state index contributed by atoms with van der Waals surface area (Å²) in [6.07, 6.45) is 6.76. The molecule has 1 aromatic heterocycles. The van der Waals surface area contributed by atoms with Gasteiger partial charge in [0.2, 0.25) is 0 Å². The lowest BCUT2D eigenvalue weighted by atomic mass is 9.81. The van der Waals surface area contributed by atoms with E-state index in [1.54, 1.807) is 0 Å². The topological polar surface area (TPSA) is 55.6 Å². The van der Waals surface area contributed by atoms with Crippen LogP contribution in [-0.2, 0) is 6.54 Å². The summed E-state index contributed by atoms with van der Waals surface area (Å²) in [5.74, 6) is 2.72. The highest BCUT2D eigenvalue weighted by Crippen LogP contribution is 2.31. The molecule has 1 aliphatic rings. The molecule has 3 atom stereocenters. The molecule has 0 amide bonds. The first-order valence-corrected chi connectivity index (χ1v) is 7.70. The second-order valence-electron chi connectivity index (χ2n) is 5.97. The molecule has 2 rings (SSSR count). The second-order valence-corrected chi connectivity index (χ2v) is 5.97. The molecule has 1 aliphatic carbocycles. The molecule has 108 valence electrons. The van der Waals surface area contributed by atoms with E-state index >= 15 is 0 Å². The minimum atomic E-state index is 0.227. The van der Waals surface area contributed by atoms with Gasteiger partial charge < -0.3 is 5.32 Å². The fourth-order valence-corrected chi connectivity index (χ4v) is 3.21. The van der Waals surface area contributed by atoms with Gasteiger partial charge in [-0.1, -0.05) is 33.1 Å². The van der Waals surface area contributed by atoms with Crippen molar-refractivity contribution in [2.75, 3.05) is 6.54 Å². The normalized spacial score (nSPS) is 25.4. The van der Waals surface area contributed by atoms with Crippen molar-refractivity contribution in [3.63, 3.8) is 0 Å². The highest BCUT2D eigenvalue weighted by molar-refractivity contribution is 4.89. The Kier molecular flexibility index (Phi) is 5.31. The molecule has 1 heterocycles. The fourth-order valence-electron chi connectivity index (χ4n) is 3.21. The van der Waals surface area contributed by atoms with Crippen LogP contribution in [0.3, 0.4) is 0 Å². The van der Waals surface area contributed by atoms with Crippen LogP contribution in [0.15, 0.2) is 0 Å². The van der Waals surface area contributed by atoms with E-state index in [9.17, 15) is 0 Å². The molecule has 5 nitrogen and oxygen atoms in total. The molecule has 5 heteroatoms. The SMILES string of the molecule is CCNC(C)c1nnnn1CCC1CCCC(C)C1. The standard InChI is InChI=1S/C14H27N5/c1-4-15-12(3)14-16-17-18-19(14)9-8-13-7-5-6-11(2)10-13/h11-13,15H,4-10H2,1-3H3. The molecule has 0 aromatic carbocycles. The number of nitrogens with one attached hydrogen (secondary N) is 1. The third-order valence-corrected chi connectivity index (χ3v) is 4.25. The van der Waals surface area contributed by atoms with E-state index in [4.69, 9.17) is 0 Å². The predicted octanol–water partition coefficient (Wildman–Crippen LogP) is 2.56. The van der Waals surface area contributed by atoms with Crippen LogP contribution >= 0.6 is 0 Å². The maximum Gasteiger partial charge on any atom is 0.167 e. The van der Waals surface area contributed by atoms with Gasteiger partial charge in [0.15, 0.2) is 5.82 Å². The van der Waals surface area contributed by atoms with Crippen molar-refractivity contribution in [1.82, 2.24) is 25.5 Å². The first kappa shape index (κ1) is 14.4. The van der Waals surface area contributed by atoms with Gasteiger partial charge >= 0.3 is 0 Å². The van der Waals surface area contributed by atoms with E-state index < -0.39 is 0 Å². The monoisotopic (exact) mass is 265 g/mol. The molecule has 1 saturated carbocycles. The van der Waals surface area contributed by atoms with E-state index in [1.807, 2.05) is 4.68 Å². The zero-order valence-electron chi connectivity index (χ0n) is 12.5. The number of aromatic nitrogens is 4. The summed E-state index contributed by atoms with van der Waals surface area (Å²) in [5, 5.41) is 15.5. The number of rotatable bonds is 6. The van der Waals surface area contributed by atoms with Crippen molar-refractivity contribution < 1.29 is 0 Å². The smallest absolute Gasteiger partial charge is 0.167 e. The van der Waals surface area contributed by atoms with Gasteiger partial charge in [-0.15, -0.1) is 5.10 Å². The minimum absolute atomic E-state index is 0.227. The van der Waals surface area contributed by atoms with E-state index in [0.717, 1.165) is 30.7 Å². The Morgan fingerprint density at radius 1 is 1.42 bits per heavy atom. The molecule has 0 saturated heterocycles. The maximum atomic E-state index is 4.15. The van der Waals surface area contributed by atoms with Crippen LogP contribution in [0.25, 0.3) is 0 Å². The molecule has 0 spiro atoms. The van der Waals surface area contributed by atoms with Crippen LogP contribution in [0, 0.1) is 11.8 Å². The Balaban J connectivity index is 1.87. The average molecular weight is 265 g/mol. The molecule has 1 fully saturated rings. The Labute approximate surface area is 116 Å². The van der Waals surface area contributed by atoms with Crippen LogP contribution in [-0.4, -0.2) is 26.8 Å². The summed E-state index contributed by atoms with van der Waals surface area (Å²) in [6, 6.07) is 0.227. The summed E-state index contributed by atoms with van der Waals surface area (Å²) < 4.78 is 1.98. The molecule has 1 aromatic rings. The lowest BCUT2D eigenvalue weighted by Gasteiger charge is -2.26. The van der Waals surface area contributed by atoms with Crippen LogP contribution in [0.4, 0.5) is 0 Å². The van der Waals surface area contributed by atoms with E-state index in [2.05, 4.69) is 41.6 Å². The summed E-state index contributed by atoms with van der Waals surface area (Å²) in [6.45, 7) is 8.49. The van der Waals surface area contributed by atoms with Gasteiger partial charge in [-0.05, 0) is 48.6 Å². The van der Waals surface area contributed by atoms with Gasteiger partial charge in [-0.25, -0.2) is 4.68 Å². The predicted molar refractivity (Wildman–Crippen MR) is 75.6 cm³/mol. The van der Waals surface area contributed by atoms with Crippen molar-refractivity contribution in [3.8, 4) is 0 Å². The summed E-state index contributed by atoms with van der Waals surface area (Å²) in [4.78, 5) is 0. The third kappa shape index (κ3) is 4.00. The van der Waals surface area contributed by atoms with Gasteiger partial charge in [0.1, 0.15) is 0 Å².